The molecule has 0 heterocycles. The van der Waals surface area contributed by atoms with Gasteiger partial charge in [0, 0.05) is 10.6 Å². The third-order valence-electron chi connectivity index (χ3n) is 4.59. The second-order valence-electron chi connectivity index (χ2n) is 6.41. The predicted molar refractivity (Wildman–Crippen MR) is 114 cm³/mol. The number of para-hydroxylation sites is 1. The average molecular weight is 374 g/mol. The van der Waals surface area contributed by atoms with Crippen molar-refractivity contribution in [2.45, 2.75) is 13.8 Å². The maximum Gasteiger partial charge on any atom is 0.177 e. The van der Waals surface area contributed by atoms with Crippen LogP contribution in [0.25, 0.3) is 0 Å². The number of benzene rings is 3. The number of hydrogen-bond acceptors (Lipinski definition) is 2. The Morgan fingerprint density at radius 2 is 1.33 bits per heavy atom. The highest BCUT2D eigenvalue weighted by Gasteiger charge is 2.32. The molecular formula is C24H23O2P. The van der Waals surface area contributed by atoms with Crippen LogP contribution < -0.4 is 15.3 Å². The lowest BCUT2D eigenvalue weighted by Gasteiger charge is -2.22. The predicted octanol–water partition coefficient (Wildman–Crippen LogP) is 5.37. The third kappa shape index (κ3) is 3.83. The van der Waals surface area contributed by atoms with E-state index in [-0.39, 0.29) is 6.61 Å². The first-order chi connectivity index (χ1) is 13.1. The van der Waals surface area contributed by atoms with Gasteiger partial charge < -0.3 is 9.30 Å². The lowest BCUT2D eigenvalue weighted by molar-refractivity contribution is 0.353. The summed E-state index contributed by atoms with van der Waals surface area (Å²) in [5.41, 5.74) is 5.02. The van der Waals surface area contributed by atoms with Crippen molar-refractivity contribution in [3.63, 3.8) is 0 Å². The van der Waals surface area contributed by atoms with Crippen molar-refractivity contribution in [3.8, 4) is 5.75 Å². The molecule has 3 heteroatoms. The summed E-state index contributed by atoms with van der Waals surface area (Å²) in [6.07, 6.45) is 0. The third-order valence-corrected chi connectivity index (χ3v) is 7.68. The molecule has 0 saturated carbocycles. The summed E-state index contributed by atoms with van der Waals surface area (Å²) in [5, 5.41) is 2.09. The first-order valence-corrected chi connectivity index (χ1v) is 10.6. The van der Waals surface area contributed by atoms with Crippen LogP contribution in [-0.2, 0) is 4.57 Å². The van der Waals surface area contributed by atoms with E-state index in [1.54, 1.807) is 0 Å². The van der Waals surface area contributed by atoms with Gasteiger partial charge in [0.15, 0.2) is 7.14 Å². The molecule has 3 aromatic rings. The number of hydrogen-bond donors (Lipinski definition) is 0. The van der Waals surface area contributed by atoms with Gasteiger partial charge in [-0.2, -0.15) is 0 Å². The van der Waals surface area contributed by atoms with E-state index in [1.807, 2.05) is 92.7 Å². The highest BCUT2D eigenvalue weighted by molar-refractivity contribution is 7.82. The van der Waals surface area contributed by atoms with Crippen molar-refractivity contribution in [2.24, 2.45) is 0 Å². The summed E-state index contributed by atoms with van der Waals surface area (Å²) in [4.78, 5) is 0. The van der Waals surface area contributed by atoms with Gasteiger partial charge in [0.05, 0.1) is 5.31 Å². The van der Waals surface area contributed by atoms with Crippen LogP contribution in [0.3, 0.4) is 0 Å². The Bertz CT molecular complexity index is 953. The minimum absolute atomic E-state index is 0.177. The standard InChI is InChI=1S/C24H23O2P/c1-4-21(18-26-24-19(2)12-11-13-20(24)3)27(25,22-14-7-5-8-15-22)23-16-9-6-10-17-23/h5-17H,1,18H2,2-3H3. The molecule has 0 aliphatic heterocycles. The van der Waals surface area contributed by atoms with Gasteiger partial charge in [-0.3, -0.25) is 0 Å². The molecule has 0 aromatic heterocycles. The van der Waals surface area contributed by atoms with Crippen molar-refractivity contribution in [1.29, 1.82) is 0 Å². The van der Waals surface area contributed by atoms with Gasteiger partial charge in [0.1, 0.15) is 12.4 Å². The van der Waals surface area contributed by atoms with Crippen LogP contribution in [0, 0.1) is 13.8 Å². The summed E-state index contributed by atoms with van der Waals surface area (Å²) in [7, 11) is -3.08. The molecular weight excluding hydrogens is 351 g/mol. The quantitative estimate of drug-likeness (QED) is 0.429. The van der Waals surface area contributed by atoms with Crippen LogP contribution in [0.2, 0.25) is 0 Å². The van der Waals surface area contributed by atoms with Crippen LogP contribution in [-0.4, -0.2) is 6.61 Å². The van der Waals surface area contributed by atoms with E-state index in [0.29, 0.717) is 5.31 Å². The summed E-state index contributed by atoms with van der Waals surface area (Å²) in [6.45, 7) is 8.01. The van der Waals surface area contributed by atoms with Crippen LogP contribution in [0.4, 0.5) is 0 Å². The van der Waals surface area contributed by atoms with E-state index in [2.05, 4.69) is 12.3 Å². The van der Waals surface area contributed by atoms with Gasteiger partial charge in [-0.05, 0) is 25.0 Å². The molecule has 0 atom stereocenters. The maximum absolute atomic E-state index is 14.3. The van der Waals surface area contributed by atoms with Gasteiger partial charge in [-0.1, -0.05) is 85.4 Å². The fourth-order valence-corrected chi connectivity index (χ4v) is 5.73. The summed E-state index contributed by atoms with van der Waals surface area (Å²) < 4.78 is 20.4. The normalized spacial score (nSPS) is 10.9. The number of ether oxygens (including phenoxy) is 1. The van der Waals surface area contributed by atoms with Crippen molar-refractivity contribution >= 4 is 17.8 Å². The Hall–Kier alpha value is -2.79. The average Bonchev–Trinajstić information content (AvgIpc) is 2.71. The molecule has 0 unspecified atom stereocenters. The first-order valence-electron chi connectivity index (χ1n) is 8.87. The highest BCUT2D eigenvalue weighted by Crippen LogP contribution is 2.51. The summed E-state index contributed by atoms with van der Waals surface area (Å²) in [5.74, 6) is 0.818. The molecule has 3 rings (SSSR count). The Morgan fingerprint density at radius 3 is 1.78 bits per heavy atom. The molecule has 136 valence electrons. The van der Waals surface area contributed by atoms with Crippen LogP contribution in [0.15, 0.2) is 96.5 Å². The van der Waals surface area contributed by atoms with Crippen molar-refractivity contribution < 1.29 is 9.30 Å². The van der Waals surface area contributed by atoms with E-state index in [0.717, 1.165) is 27.5 Å². The van der Waals surface area contributed by atoms with Crippen LogP contribution >= 0.6 is 7.14 Å². The number of aryl methyl sites for hydroxylation is 2. The fourth-order valence-electron chi connectivity index (χ4n) is 3.16. The SMILES string of the molecule is C=C=C(COc1c(C)cccc1C)P(=O)(c1ccccc1)c1ccccc1. The molecule has 0 spiro atoms. The van der Waals surface area contributed by atoms with Crippen LogP contribution in [0.1, 0.15) is 11.1 Å². The summed E-state index contributed by atoms with van der Waals surface area (Å²) in [6, 6.07) is 25.0. The van der Waals surface area contributed by atoms with E-state index >= 15 is 0 Å². The second kappa shape index (κ2) is 8.27. The van der Waals surface area contributed by atoms with Gasteiger partial charge >= 0.3 is 0 Å². The zero-order valence-electron chi connectivity index (χ0n) is 15.7. The lowest BCUT2D eigenvalue weighted by Crippen LogP contribution is -2.20. The van der Waals surface area contributed by atoms with Crippen molar-refractivity contribution in [1.82, 2.24) is 0 Å². The van der Waals surface area contributed by atoms with Gasteiger partial charge in [-0.25, -0.2) is 0 Å². The molecule has 0 aliphatic carbocycles. The zero-order valence-corrected chi connectivity index (χ0v) is 16.6. The highest BCUT2D eigenvalue weighted by atomic mass is 31.2. The maximum atomic E-state index is 14.3. The second-order valence-corrected chi connectivity index (χ2v) is 9.20. The van der Waals surface area contributed by atoms with Crippen molar-refractivity contribution in [2.75, 3.05) is 6.61 Å². The smallest absolute Gasteiger partial charge is 0.177 e. The first kappa shape index (κ1) is 19.0. The lowest BCUT2D eigenvalue weighted by atomic mass is 10.1. The van der Waals surface area contributed by atoms with Gasteiger partial charge in [0.2, 0.25) is 0 Å². The molecule has 0 bridgehead atoms. The van der Waals surface area contributed by atoms with E-state index in [9.17, 15) is 4.57 Å². The molecule has 2 nitrogen and oxygen atoms in total. The van der Waals surface area contributed by atoms with Gasteiger partial charge in [0.25, 0.3) is 0 Å². The van der Waals surface area contributed by atoms with Crippen LogP contribution in [0.5, 0.6) is 5.75 Å². The zero-order chi connectivity index (χ0) is 19.3. The molecule has 0 radical (unpaired) electrons. The fraction of sp³-hybridized carbons (Fsp3) is 0.125. The van der Waals surface area contributed by atoms with E-state index in [4.69, 9.17) is 4.74 Å². The van der Waals surface area contributed by atoms with Crippen molar-refractivity contribution in [3.05, 3.63) is 108 Å². The van der Waals surface area contributed by atoms with E-state index in [1.165, 1.54) is 0 Å². The molecule has 3 aromatic carbocycles. The summed E-state index contributed by atoms with van der Waals surface area (Å²) >= 11 is 0. The largest absolute Gasteiger partial charge is 0.488 e. The molecule has 27 heavy (non-hydrogen) atoms. The molecule has 0 fully saturated rings. The number of rotatable bonds is 6. The Kier molecular flexibility index (Phi) is 5.81. The topological polar surface area (TPSA) is 26.3 Å². The molecule has 0 amide bonds. The Labute approximate surface area is 161 Å². The molecule has 0 saturated heterocycles. The van der Waals surface area contributed by atoms with Gasteiger partial charge in [-0.15, -0.1) is 5.73 Å². The Balaban J connectivity index is 2.04. The van der Waals surface area contributed by atoms with E-state index < -0.39 is 7.14 Å². The minimum Gasteiger partial charge on any atom is -0.488 e. The molecule has 0 aliphatic rings. The molecule has 0 N–H and O–H groups in total. The monoisotopic (exact) mass is 374 g/mol. The Morgan fingerprint density at radius 1 is 0.852 bits per heavy atom. The minimum atomic E-state index is -3.08.